The summed E-state index contributed by atoms with van der Waals surface area (Å²) in [5.41, 5.74) is 2.73. The van der Waals surface area contributed by atoms with Crippen LogP contribution in [0.25, 0.3) is 11.1 Å². The number of hydrogen-bond donors (Lipinski definition) is 3. The number of carbonyl (C=O) groups is 2. The summed E-state index contributed by atoms with van der Waals surface area (Å²) in [5, 5.41) is 16.9. The Morgan fingerprint density at radius 3 is 2.63 bits per heavy atom. The largest absolute Gasteiger partial charge is 0.385 e. The van der Waals surface area contributed by atoms with Crippen LogP contribution in [0.2, 0.25) is 0 Å². The van der Waals surface area contributed by atoms with Crippen LogP contribution >= 0.6 is 0 Å². The maximum atomic E-state index is 15.0. The molecule has 1 aliphatic carbocycles. The van der Waals surface area contributed by atoms with Gasteiger partial charge in [0, 0.05) is 43.3 Å². The van der Waals surface area contributed by atoms with Gasteiger partial charge in [0.25, 0.3) is 5.91 Å². The van der Waals surface area contributed by atoms with E-state index in [1.165, 1.54) is 0 Å². The number of aromatic amines is 1. The standard InChI is InChI=1S/C27H36FN7O3/c1-16-6-8-19(9-7-16)24(32-26(36)21-12-13-29-35(21)14-5-15-38-4)27(37)31-22-11-10-20(25(28)30-22)23-17(2)33-34-18(23)3/h10-13,16,19,24H,5-9,14-15H2,1-4H3,(H,32,36)(H,33,34)(H,30,31,37)/t16-,19-,24-/m0/s1. The number of pyridine rings is 1. The van der Waals surface area contributed by atoms with Crippen LogP contribution in [-0.2, 0) is 16.1 Å². The molecule has 0 bridgehead atoms. The van der Waals surface area contributed by atoms with Crippen molar-refractivity contribution in [3.05, 3.63) is 47.4 Å². The lowest BCUT2D eigenvalue weighted by atomic mass is 9.79. The van der Waals surface area contributed by atoms with Crippen molar-refractivity contribution in [2.24, 2.45) is 11.8 Å². The second-order valence-electron chi connectivity index (χ2n) is 10.1. The molecule has 2 amide bonds. The third-order valence-electron chi connectivity index (χ3n) is 7.27. The molecule has 4 rings (SSSR count). The number of rotatable bonds is 10. The van der Waals surface area contributed by atoms with Gasteiger partial charge in [-0.25, -0.2) is 4.98 Å². The van der Waals surface area contributed by atoms with Crippen molar-refractivity contribution in [2.45, 2.75) is 65.5 Å². The van der Waals surface area contributed by atoms with Gasteiger partial charge in [0.2, 0.25) is 11.9 Å². The predicted octanol–water partition coefficient (Wildman–Crippen LogP) is 4.02. The van der Waals surface area contributed by atoms with E-state index >= 15 is 0 Å². The van der Waals surface area contributed by atoms with Gasteiger partial charge in [-0.05, 0) is 63.1 Å². The van der Waals surface area contributed by atoms with Crippen LogP contribution in [0.5, 0.6) is 0 Å². The summed E-state index contributed by atoms with van der Waals surface area (Å²) in [6.45, 7) is 6.86. The fourth-order valence-corrected chi connectivity index (χ4v) is 5.14. The van der Waals surface area contributed by atoms with E-state index in [9.17, 15) is 14.0 Å². The molecule has 1 saturated carbocycles. The summed E-state index contributed by atoms with van der Waals surface area (Å²) in [5.74, 6) is -0.880. The quantitative estimate of drug-likeness (QED) is 0.271. The number of nitrogens with zero attached hydrogens (tertiary/aromatic N) is 4. The first-order valence-corrected chi connectivity index (χ1v) is 13.1. The normalized spacial score (nSPS) is 18.2. The maximum Gasteiger partial charge on any atom is 0.270 e. The summed E-state index contributed by atoms with van der Waals surface area (Å²) in [6, 6.07) is 3.99. The summed E-state index contributed by atoms with van der Waals surface area (Å²) in [4.78, 5) is 30.7. The van der Waals surface area contributed by atoms with Gasteiger partial charge >= 0.3 is 0 Å². The highest BCUT2D eigenvalue weighted by Crippen LogP contribution is 2.32. The topological polar surface area (TPSA) is 127 Å². The second kappa shape index (κ2) is 12.3. The van der Waals surface area contributed by atoms with Crippen molar-refractivity contribution in [1.82, 2.24) is 30.3 Å². The number of halogens is 1. The van der Waals surface area contributed by atoms with Gasteiger partial charge in [0.1, 0.15) is 17.6 Å². The highest BCUT2D eigenvalue weighted by Gasteiger charge is 2.33. The van der Waals surface area contributed by atoms with Gasteiger partial charge in [-0.3, -0.25) is 19.4 Å². The molecule has 0 spiro atoms. The number of aryl methyl sites for hydroxylation is 3. The van der Waals surface area contributed by atoms with E-state index in [1.54, 1.807) is 43.1 Å². The zero-order chi connectivity index (χ0) is 27.2. The predicted molar refractivity (Wildman–Crippen MR) is 141 cm³/mol. The molecule has 3 aromatic rings. The summed E-state index contributed by atoms with van der Waals surface area (Å²) < 4.78 is 21.7. The third kappa shape index (κ3) is 6.27. The minimum Gasteiger partial charge on any atom is -0.385 e. The van der Waals surface area contributed by atoms with Crippen molar-refractivity contribution in [2.75, 3.05) is 19.0 Å². The molecule has 38 heavy (non-hydrogen) atoms. The number of hydrogen-bond acceptors (Lipinski definition) is 6. The molecule has 11 heteroatoms. The van der Waals surface area contributed by atoms with E-state index < -0.39 is 17.9 Å². The molecule has 0 saturated heterocycles. The number of aromatic nitrogens is 5. The Kier molecular flexibility index (Phi) is 8.88. The Bertz CT molecular complexity index is 1240. The number of anilines is 1. The Morgan fingerprint density at radius 2 is 1.97 bits per heavy atom. The van der Waals surface area contributed by atoms with Crippen molar-refractivity contribution in [3.63, 3.8) is 0 Å². The molecule has 10 nitrogen and oxygen atoms in total. The highest BCUT2D eigenvalue weighted by atomic mass is 19.1. The van der Waals surface area contributed by atoms with Crippen molar-refractivity contribution in [1.29, 1.82) is 0 Å². The van der Waals surface area contributed by atoms with Gasteiger partial charge in [-0.1, -0.05) is 19.8 Å². The van der Waals surface area contributed by atoms with Crippen LogP contribution in [0.4, 0.5) is 10.2 Å². The van der Waals surface area contributed by atoms with E-state index in [4.69, 9.17) is 4.74 Å². The van der Waals surface area contributed by atoms with Crippen LogP contribution in [0.15, 0.2) is 24.4 Å². The third-order valence-corrected chi connectivity index (χ3v) is 7.27. The van der Waals surface area contributed by atoms with Crippen LogP contribution in [0.3, 0.4) is 0 Å². The van der Waals surface area contributed by atoms with E-state index in [2.05, 4.69) is 37.8 Å². The van der Waals surface area contributed by atoms with Gasteiger partial charge < -0.3 is 15.4 Å². The molecule has 0 radical (unpaired) electrons. The SMILES string of the molecule is COCCCn1nccc1C(=O)N[C@H](C(=O)Nc1ccc(-c2c(C)n[nH]c2C)c(F)n1)[C@H]1CC[C@H](C)CC1. The molecule has 3 heterocycles. The van der Waals surface area contributed by atoms with E-state index in [-0.39, 0.29) is 17.6 Å². The van der Waals surface area contributed by atoms with E-state index in [1.807, 2.05) is 6.92 Å². The lowest BCUT2D eigenvalue weighted by Gasteiger charge is -2.32. The highest BCUT2D eigenvalue weighted by molar-refractivity contribution is 6.00. The molecule has 0 unspecified atom stereocenters. The number of carbonyl (C=O) groups excluding carboxylic acids is 2. The Hall–Kier alpha value is -3.60. The summed E-state index contributed by atoms with van der Waals surface area (Å²) in [6.07, 6.45) is 5.85. The van der Waals surface area contributed by atoms with Gasteiger partial charge in [0.05, 0.1) is 5.69 Å². The maximum absolute atomic E-state index is 15.0. The minimum absolute atomic E-state index is 0.0413. The number of nitrogens with one attached hydrogen (secondary N) is 3. The average Bonchev–Trinajstić information content (AvgIpc) is 3.49. The van der Waals surface area contributed by atoms with Crippen LogP contribution < -0.4 is 10.6 Å². The lowest BCUT2D eigenvalue weighted by Crippen LogP contribution is -2.49. The Labute approximate surface area is 221 Å². The first-order chi connectivity index (χ1) is 18.3. The van der Waals surface area contributed by atoms with Crippen LogP contribution in [-0.4, -0.2) is 56.5 Å². The zero-order valence-corrected chi connectivity index (χ0v) is 22.4. The Morgan fingerprint density at radius 1 is 1.21 bits per heavy atom. The smallest absolute Gasteiger partial charge is 0.270 e. The molecule has 3 aromatic heterocycles. The average molecular weight is 526 g/mol. The summed E-state index contributed by atoms with van der Waals surface area (Å²) >= 11 is 0. The van der Waals surface area contributed by atoms with Crippen LogP contribution in [0.1, 0.15) is 60.9 Å². The fraction of sp³-hybridized carbons (Fsp3) is 0.519. The summed E-state index contributed by atoms with van der Waals surface area (Å²) in [7, 11) is 1.62. The Balaban J connectivity index is 1.52. The van der Waals surface area contributed by atoms with Crippen molar-refractivity contribution in [3.8, 4) is 11.1 Å². The molecular weight excluding hydrogens is 489 g/mol. The van der Waals surface area contributed by atoms with Gasteiger partial charge in [-0.2, -0.15) is 14.6 Å². The van der Waals surface area contributed by atoms with E-state index in [0.29, 0.717) is 48.0 Å². The van der Waals surface area contributed by atoms with Gasteiger partial charge in [-0.15, -0.1) is 0 Å². The zero-order valence-electron chi connectivity index (χ0n) is 22.4. The lowest BCUT2D eigenvalue weighted by molar-refractivity contribution is -0.119. The molecule has 1 atom stereocenters. The fourth-order valence-electron chi connectivity index (χ4n) is 5.14. The number of H-pyrrole nitrogens is 1. The first kappa shape index (κ1) is 27.4. The molecule has 0 aromatic carbocycles. The second-order valence-corrected chi connectivity index (χ2v) is 10.1. The number of methoxy groups -OCH3 is 1. The van der Waals surface area contributed by atoms with Crippen molar-refractivity contribution < 1.29 is 18.7 Å². The van der Waals surface area contributed by atoms with Gasteiger partial charge in [0.15, 0.2) is 0 Å². The minimum atomic E-state index is -0.791. The number of ether oxygens (including phenoxy) is 1. The van der Waals surface area contributed by atoms with E-state index in [0.717, 1.165) is 31.4 Å². The molecular formula is C27H36FN7O3. The van der Waals surface area contributed by atoms with Crippen molar-refractivity contribution >= 4 is 17.6 Å². The molecule has 204 valence electrons. The molecule has 0 aliphatic heterocycles. The first-order valence-electron chi connectivity index (χ1n) is 13.1. The monoisotopic (exact) mass is 525 g/mol. The molecule has 1 fully saturated rings. The number of amides is 2. The molecule has 3 N–H and O–H groups in total. The molecule has 1 aliphatic rings. The van der Waals surface area contributed by atoms with Crippen LogP contribution in [0, 0.1) is 31.6 Å².